The second kappa shape index (κ2) is 11.3. The minimum absolute atomic E-state index is 0.0704. The van der Waals surface area contributed by atoms with E-state index < -0.39 is 0 Å². The van der Waals surface area contributed by atoms with Crippen LogP contribution >= 0.6 is 11.3 Å². The van der Waals surface area contributed by atoms with E-state index in [0.29, 0.717) is 17.8 Å². The van der Waals surface area contributed by atoms with Crippen molar-refractivity contribution >= 4 is 29.0 Å². The van der Waals surface area contributed by atoms with E-state index in [9.17, 15) is 9.59 Å². The second-order valence-electron chi connectivity index (χ2n) is 8.05. The number of urea groups is 1. The number of rotatable bonds is 8. The average molecular weight is 443 g/mol. The summed E-state index contributed by atoms with van der Waals surface area (Å²) in [5.41, 5.74) is 2.57. The van der Waals surface area contributed by atoms with Crippen LogP contribution in [0.2, 0.25) is 0 Å². The molecule has 1 fully saturated rings. The summed E-state index contributed by atoms with van der Waals surface area (Å²) in [5, 5.41) is 10.1. The van der Waals surface area contributed by atoms with Crippen LogP contribution in [0.1, 0.15) is 62.0 Å². The van der Waals surface area contributed by atoms with Crippen LogP contribution in [-0.4, -0.2) is 54.0 Å². The third-order valence-electron chi connectivity index (χ3n) is 6.09. The van der Waals surface area contributed by atoms with Gasteiger partial charge in [0.1, 0.15) is 0 Å². The van der Waals surface area contributed by atoms with Gasteiger partial charge in [-0.05, 0) is 85.9 Å². The normalized spacial score (nSPS) is 17.4. The highest BCUT2D eigenvalue weighted by molar-refractivity contribution is 7.08. The molecule has 3 rings (SSSR count). The molecule has 3 amide bonds. The Morgan fingerprint density at radius 3 is 2.52 bits per heavy atom. The van der Waals surface area contributed by atoms with Crippen LogP contribution in [0.5, 0.6) is 0 Å². The number of piperidine rings is 1. The van der Waals surface area contributed by atoms with Crippen molar-refractivity contribution in [2.75, 3.05) is 31.5 Å². The first-order valence-electron chi connectivity index (χ1n) is 11.3. The van der Waals surface area contributed by atoms with Crippen molar-refractivity contribution < 1.29 is 9.59 Å². The third-order valence-corrected chi connectivity index (χ3v) is 6.79. The van der Waals surface area contributed by atoms with Gasteiger partial charge in [-0.2, -0.15) is 11.3 Å². The Morgan fingerprint density at radius 2 is 1.90 bits per heavy atom. The second-order valence-corrected chi connectivity index (χ2v) is 8.83. The van der Waals surface area contributed by atoms with Crippen molar-refractivity contribution in [1.29, 1.82) is 0 Å². The predicted octanol–water partition coefficient (Wildman–Crippen LogP) is 4.97. The Hall–Kier alpha value is -2.38. The quantitative estimate of drug-likeness (QED) is 0.607. The van der Waals surface area contributed by atoms with Gasteiger partial charge in [-0.1, -0.05) is 13.8 Å². The number of benzene rings is 1. The highest BCUT2D eigenvalue weighted by Gasteiger charge is 2.24. The molecule has 2 aromatic rings. The summed E-state index contributed by atoms with van der Waals surface area (Å²) >= 11 is 1.67. The van der Waals surface area contributed by atoms with Crippen LogP contribution in [0.15, 0.2) is 41.1 Å². The molecule has 0 spiro atoms. The van der Waals surface area contributed by atoms with Crippen LogP contribution in [0.4, 0.5) is 10.5 Å². The van der Waals surface area contributed by atoms with Gasteiger partial charge in [0.15, 0.2) is 0 Å². The first-order valence-corrected chi connectivity index (χ1v) is 12.2. The van der Waals surface area contributed by atoms with Crippen molar-refractivity contribution in [3.8, 4) is 0 Å². The molecule has 2 unspecified atom stereocenters. The number of hydrogen-bond donors (Lipinski definition) is 2. The van der Waals surface area contributed by atoms with Crippen LogP contribution in [0.3, 0.4) is 0 Å². The first-order chi connectivity index (χ1) is 15.0. The number of anilines is 1. The van der Waals surface area contributed by atoms with Crippen LogP contribution in [-0.2, 0) is 0 Å². The molecule has 1 aromatic carbocycles. The van der Waals surface area contributed by atoms with Gasteiger partial charge >= 0.3 is 6.03 Å². The minimum atomic E-state index is -0.240. The number of likely N-dealkylation sites (N-methyl/N-ethyl adjacent to an activating group) is 1. The predicted molar refractivity (Wildman–Crippen MR) is 128 cm³/mol. The fourth-order valence-electron chi connectivity index (χ4n) is 4.21. The number of thiophene rings is 1. The van der Waals surface area contributed by atoms with Gasteiger partial charge in [0.2, 0.25) is 0 Å². The number of likely N-dealkylation sites (tertiary alicyclic amines) is 1. The third kappa shape index (κ3) is 6.08. The lowest BCUT2D eigenvalue weighted by Gasteiger charge is -2.33. The Morgan fingerprint density at radius 1 is 1.16 bits per heavy atom. The van der Waals surface area contributed by atoms with Crippen molar-refractivity contribution in [2.24, 2.45) is 0 Å². The van der Waals surface area contributed by atoms with Gasteiger partial charge in [0.25, 0.3) is 5.91 Å². The fourth-order valence-corrected chi connectivity index (χ4v) is 4.92. The maximum Gasteiger partial charge on any atom is 0.319 e. The molecule has 6 nitrogen and oxygen atoms in total. The lowest BCUT2D eigenvalue weighted by molar-refractivity contribution is 0.0635. The van der Waals surface area contributed by atoms with Crippen LogP contribution < -0.4 is 10.6 Å². The zero-order valence-electron chi connectivity index (χ0n) is 18.8. The number of carbonyl (C=O) groups excluding carboxylic acids is 2. The van der Waals surface area contributed by atoms with E-state index >= 15 is 0 Å². The van der Waals surface area contributed by atoms with Crippen molar-refractivity contribution in [1.82, 2.24) is 15.1 Å². The van der Waals surface area contributed by atoms with Gasteiger partial charge in [-0.15, -0.1) is 0 Å². The van der Waals surface area contributed by atoms with Gasteiger partial charge in [0.05, 0.1) is 6.04 Å². The number of nitrogens with zero attached hydrogens (tertiary/aromatic N) is 2. The summed E-state index contributed by atoms with van der Waals surface area (Å²) in [6, 6.07) is 9.49. The Kier molecular flexibility index (Phi) is 8.49. The van der Waals surface area contributed by atoms with Crippen molar-refractivity contribution in [3.05, 3.63) is 52.2 Å². The van der Waals surface area contributed by atoms with E-state index in [2.05, 4.69) is 53.1 Å². The molecule has 1 aliphatic rings. The van der Waals surface area contributed by atoms with Crippen LogP contribution in [0.25, 0.3) is 0 Å². The van der Waals surface area contributed by atoms with E-state index in [1.54, 1.807) is 35.6 Å². The summed E-state index contributed by atoms with van der Waals surface area (Å²) in [4.78, 5) is 29.6. The molecule has 1 aromatic heterocycles. The monoisotopic (exact) mass is 442 g/mol. The van der Waals surface area contributed by atoms with E-state index in [-0.39, 0.29) is 24.0 Å². The van der Waals surface area contributed by atoms with Gasteiger partial charge < -0.3 is 15.5 Å². The molecule has 1 aliphatic heterocycles. The van der Waals surface area contributed by atoms with E-state index in [1.165, 1.54) is 12.0 Å². The average Bonchev–Trinajstić information content (AvgIpc) is 3.31. The van der Waals surface area contributed by atoms with E-state index in [0.717, 1.165) is 32.5 Å². The fraction of sp³-hybridized carbons (Fsp3) is 0.500. The summed E-state index contributed by atoms with van der Waals surface area (Å²) in [7, 11) is 0. The molecule has 0 bridgehead atoms. The molecule has 31 heavy (non-hydrogen) atoms. The molecule has 7 heteroatoms. The summed E-state index contributed by atoms with van der Waals surface area (Å²) < 4.78 is 0. The summed E-state index contributed by atoms with van der Waals surface area (Å²) in [6.45, 7) is 9.58. The molecule has 2 N–H and O–H groups in total. The number of amides is 3. The topological polar surface area (TPSA) is 64.7 Å². The van der Waals surface area contributed by atoms with Crippen molar-refractivity contribution in [2.45, 2.75) is 52.1 Å². The lowest BCUT2D eigenvalue weighted by atomic mass is 10.0. The molecule has 2 atom stereocenters. The Balaban J connectivity index is 1.56. The van der Waals surface area contributed by atoms with E-state index in [1.807, 2.05) is 4.90 Å². The molecule has 1 saturated heterocycles. The van der Waals surface area contributed by atoms with Crippen LogP contribution in [0, 0.1) is 0 Å². The maximum atomic E-state index is 12.8. The van der Waals surface area contributed by atoms with Crippen molar-refractivity contribution in [3.63, 3.8) is 0 Å². The molecule has 0 saturated carbocycles. The molecule has 0 aliphatic carbocycles. The lowest BCUT2D eigenvalue weighted by Crippen LogP contribution is -2.42. The zero-order valence-corrected chi connectivity index (χ0v) is 19.6. The number of nitrogens with one attached hydrogen (secondary N) is 2. The Bertz CT molecular complexity index is 834. The minimum Gasteiger partial charge on any atom is -0.336 e. The van der Waals surface area contributed by atoms with Gasteiger partial charge in [0, 0.05) is 30.4 Å². The first kappa shape index (κ1) is 23.3. The molecular formula is C24H34N4O2S. The maximum absolute atomic E-state index is 12.8. The molecule has 2 heterocycles. The highest BCUT2D eigenvalue weighted by Crippen LogP contribution is 2.23. The molecular weight excluding hydrogens is 408 g/mol. The standard InChI is InChI=1S/C24H34N4O2S/c1-4-27(5-2)22(20-13-15-31-17-20)16-25-24(30)26-21-11-9-19(10-12-21)23(29)28-14-7-6-8-18(28)3/h9-13,15,17-18,22H,4-8,14,16H2,1-3H3,(H2,25,26,30). The largest absolute Gasteiger partial charge is 0.336 e. The summed E-state index contributed by atoms with van der Waals surface area (Å²) in [5.74, 6) is 0.0704. The SMILES string of the molecule is CCN(CC)C(CNC(=O)Nc1ccc(C(=O)N2CCCCC2C)cc1)c1ccsc1. The zero-order chi connectivity index (χ0) is 22.2. The summed E-state index contributed by atoms with van der Waals surface area (Å²) in [6.07, 6.45) is 3.31. The Labute approximate surface area is 189 Å². The highest BCUT2D eigenvalue weighted by atomic mass is 32.1. The smallest absolute Gasteiger partial charge is 0.319 e. The van der Waals surface area contributed by atoms with Gasteiger partial charge in [-0.25, -0.2) is 4.79 Å². The molecule has 0 radical (unpaired) electrons. The number of hydrogen-bond acceptors (Lipinski definition) is 4. The molecule has 168 valence electrons. The number of carbonyl (C=O) groups is 2. The van der Waals surface area contributed by atoms with E-state index in [4.69, 9.17) is 0 Å². The van der Waals surface area contributed by atoms with Gasteiger partial charge in [-0.3, -0.25) is 9.69 Å².